The number of nitriles is 1. The van der Waals surface area contributed by atoms with Crippen LogP contribution in [0.1, 0.15) is 19.3 Å². The molecular formula is C8H11NO4S. The van der Waals surface area contributed by atoms with Gasteiger partial charge in [-0.05, 0) is 19.3 Å². The number of nitrogens with zero attached hydrogens (tertiary/aromatic N) is 1. The Morgan fingerprint density at radius 2 is 2.21 bits per heavy atom. The van der Waals surface area contributed by atoms with Gasteiger partial charge in [0.25, 0.3) is 0 Å². The molecule has 5 nitrogen and oxygen atoms in total. The first-order valence-electron chi connectivity index (χ1n) is 4.15. The second kappa shape index (κ2) is 3.24. The summed E-state index contributed by atoms with van der Waals surface area (Å²) in [6.45, 7) is 0. The molecule has 0 amide bonds. The van der Waals surface area contributed by atoms with Crippen LogP contribution in [0.15, 0.2) is 0 Å². The van der Waals surface area contributed by atoms with Crippen molar-refractivity contribution in [1.82, 2.24) is 0 Å². The SMILES string of the molecule is CS(=O)(=O)[C@@H]1CC[C@@](C#N)(C(=O)O)C1. The lowest BCUT2D eigenvalue weighted by Gasteiger charge is -2.13. The maximum absolute atomic E-state index is 11.2. The van der Waals surface area contributed by atoms with Gasteiger partial charge >= 0.3 is 5.97 Å². The number of carboxylic acid groups (broad SMARTS) is 1. The molecule has 1 N–H and O–H groups in total. The Bertz CT molecular complexity index is 394. The summed E-state index contributed by atoms with van der Waals surface area (Å²) < 4.78 is 22.3. The van der Waals surface area contributed by atoms with Crippen molar-refractivity contribution in [2.75, 3.05) is 6.26 Å². The Morgan fingerprint density at radius 3 is 2.43 bits per heavy atom. The van der Waals surface area contributed by atoms with Gasteiger partial charge in [0.2, 0.25) is 0 Å². The molecule has 78 valence electrons. The first kappa shape index (κ1) is 11.0. The lowest BCUT2D eigenvalue weighted by Crippen LogP contribution is -2.28. The topological polar surface area (TPSA) is 95.2 Å². The van der Waals surface area contributed by atoms with Crippen molar-refractivity contribution >= 4 is 15.8 Å². The number of carboxylic acids is 1. The molecule has 0 unspecified atom stereocenters. The van der Waals surface area contributed by atoms with Crippen LogP contribution >= 0.6 is 0 Å². The van der Waals surface area contributed by atoms with Crippen LogP contribution in [0.4, 0.5) is 0 Å². The van der Waals surface area contributed by atoms with Crippen LogP contribution in [0.25, 0.3) is 0 Å². The van der Waals surface area contributed by atoms with Crippen molar-refractivity contribution in [1.29, 1.82) is 5.26 Å². The van der Waals surface area contributed by atoms with Crippen molar-refractivity contribution in [2.45, 2.75) is 24.5 Å². The fourth-order valence-corrected chi connectivity index (χ4v) is 2.84. The lowest BCUT2D eigenvalue weighted by molar-refractivity contribution is -0.145. The predicted octanol–water partition coefficient (Wildman–Crippen LogP) is 0.178. The van der Waals surface area contributed by atoms with Crippen LogP contribution in [-0.2, 0) is 14.6 Å². The summed E-state index contributed by atoms with van der Waals surface area (Å²) in [4.78, 5) is 10.8. The zero-order valence-corrected chi connectivity index (χ0v) is 8.54. The number of sulfone groups is 1. The third kappa shape index (κ3) is 1.73. The maximum atomic E-state index is 11.2. The fraction of sp³-hybridized carbons (Fsp3) is 0.750. The maximum Gasteiger partial charge on any atom is 0.324 e. The van der Waals surface area contributed by atoms with Crippen LogP contribution in [-0.4, -0.2) is 31.0 Å². The van der Waals surface area contributed by atoms with Gasteiger partial charge in [0.15, 0.2) is 5.41 Å². The van der Waals surface area contributed by atoms with E-state index in [0.29, 0.717) is 0 Å². The first-order chi connectivity index (χ1) is 6.32. The molecule has 0 bridgehead atoms. The molecule has 0 heterocycles. The first-order valence-corrected chi connectivity index (χ1v) is 6.11. The quantitative estimate of drug-likeness (QED) is 0.711. The Labute approximate surface area is 82.3 Å². The molecule has 0 aromatic carbocycles. The molecule has 0 aliphatic heterocycles. The van der Waals surface area contributed by atoms with Crippen molar-refractivity contribution < 1.29 is 18.3 Å². The molecule has 0 saturated heterocycles. The van der Waals surface area contributed by atoms with E-state index in [1.807, 2.05) is 0 Å². The second-order valence-electron chi connectivity index (χ2n) is 3.69. The van der Waals surface area contributed by atoms with Crippen molar-refractivity contribution in [2.24, 2.45) is 5.41 Å². The van der Waals surface area contributed by atoms with Gasteiger partial charge in [0, 0.05) is 6.26 Å². The van der Waals surface area contributed by atoms with Crippen LogP contribution in [0, 0.1) is 16.7 Å². The van der Waals surface area contributed by atoms with Crippen LogP contribution in [0.5, 0.6) is 0 Å². The summed E-state index contributed by atoms with van der Waals surface area (Å²) >= 11 is 0. The average Bonchev–Trinajstić information content (AvgIpc) is 2.47. The van der Waals surface area contributed by atoms with Gasteiger partial charge in [-0.3, -0.25) is 4.79 Å². The molecule has 1 rings (SSSR count). The highest BCUT2D eigenvalue weighted by atomic mass is 32.2. The monoisotopic (exact) mass is 217 g/mol. The Morgan fingerprint density at radius 1 is 1.64 bits per heavy atom. The summed E-state index contributed by atoms with van der Waals surface area (Å²) in [5, 5.41) is 16.9. The summed E-state index contributed by atoms with van der Waals surface area (Å²) in [6, 6.07) is 1.71. The van der Waals surface area contributed by atoms with E-state index in [9.17, 15) is 13.2 Å². The zero-order valence-electron chi connectivity index (χ0n) is 7.73. The van der Waals surface area contributed by atoms with E-state index in [1.54, 1.807) is 6.07 Å². The minimum atomic E-state index is -3.23. The highest BCUT2D eigenvalue weighted by Gasteiger charge is 2.48. The lowest BCUT2D eigenvalue weighted by atomic mass is 9.88. The Kier molecular flexibility index (Phi) is 2.54. The van der Waals surface area contributed by atoms with Crippen molar-refractivity contribution in [3.8, 4) is 6.07 Å². The Balaban J connectivity index is 2.94. The summed E-state index contributed by atoms with van der Waals surface area (Å²) in [6.07, 6.45) is 1.37. The summed E-state index contributed by atoms with van der Waals surface area (Å²) in [7, 11) is -3.23. The zero-order chi connectivity index (χ0) is 11.0. The molecule has 0 radical (unpaired) electrons. The van der Waals surface area contributed by atoms with E-state index < -0.39 is 26.5 Å². The van der Waals surface area contributed by atoms with Crippen LogP contribution in [0.3, 0.4) is 0 Å². The molecule has 14 heavy (non-hydrogen) atoms. The van der Waals surface area contributed by atoms with Crippen LogP contribution in [0.2, 0.25) is 0 Å². The predicted molar refractivity (Wildman–Crippen MR) is 48.2 cm³/mol. The van der Waals surface area contributed by atoms with Crippen molar-refractivity contribution in [3.05, 3.63) is 0 Å². The average molecular weight is 217 g/mol. The van der Waals surface area contributed by atoms with Gasteiger partial charge in [-0.25, -0.2) is 8.42 Å². The van der Waals surface area contributed by atoms with E-state index in [-0.39, 0.29) is 19.3 Å². The highest BCUT2D eigenvalue weighted by molar-refractivity contribution is 7.91. The number of carbonyl (C=O) groups is 1. The summed E-state index contributed by atoms with van der Waals surface area (Å²) in [5.41, 5.74) is -1.49. The molecule has 1 aliphatic carbocycles. The molecule has 0 aromatic heterocycles. The van der Waals surface area contributed by atoms with Gasteiger partial charge < -0.3 is 5.11 Å². The smallest absolute Gasteiger partial charge is 0.324 e. The van der Waals surface area contributed by atoms with Gasteiger partial charge in [-0.1, -0.05) is 0 Å². The highest BCUT2D eigenvalue weighted by Crippen LogP contribution is 2.40. The minimum Gasteiger partial charge on any atom is -0.480 e. The van der Waals surface area contributed by atoms with Gasteiger partial charge in [0.1, 0.15) is 9.84 Å². The molecule has 0 spiro atoms. The number of rotatable bonds is 2. The van der Waals surface area contributed by atoms with E-state index in [2.05, 4.69) is 0 Å². The third-order valence-corrected chi connectivity index (χ3v) is 4.31. The molecule has 6 heteroatoms. The normalized spacial score (nSPS) is 32.4. The van der Waals surface area contributed by atoms with E-state index in [4.69, 9.17) is 10.4 Å². The largest absolute Gasteiger partial charge is 0.480 e. The summed E-state index contributed by atoms with van der Waals surface area (Å²) in [5.74, 6) is -1.22. The number of hydrogen-bond acceptors (Lipinski definition) is 4. The fourth-order valence-electron chi connectivity index (χ4n) is 1.71. The van der Waals surface area contributed by atoms with Gasteiger partial charge in [0.05, 0.1) is 11.3 Å². The van der Waals surface area contributed by atoms with E-state index in [1.165, 1.54) is 0 Å². The van der Waals surface area contributed by atoms with E-state index >= 15 is 0 Å². The number of aliphatic carboxylic acids is 1. The third-order valence-electron chi connectivity index (χ3n) is 2.70. The molecule has 1 aliphatic rings. The molecule has 1 saturated carbocycles. The number of hydrogen-bond donors (Lipinski definition) is 1. The van der Waals surface area contributed by atoms with Gasteiger partial charge in [-0.2, -0.15) is 5.26 Å². The minimum absolute atomic E-state index is 0.0856. The van der Waals surface area contributed by atoms with Crippen molar-refractivity contribution in [3.63, 3.8) is 0 Å². The molecular weight excluding hydrogens is 206 g/mol. The standard InChI is InChI=1S/C8H11NO4S/c1-14(12,13)6-2-3-8(4-6,5-9)7(10)11/h6H,2-4H2,1H3,(H,10,11)/t6-,8-/m1/s1. The Hall–Kier alpha value is -1.09. The van der Waals surface area contributed by atoms with Gasteiger partial charge in [-0.15, -0.1) is 0 Å². The van der Waals surface area contributed by atoms with E-state index in [0.717, 1.165) is 6.26 Å². The second-order valence-corrected chi connectivity index (χ2v) is 6.02. The molecule has 2 atom stereocenters. The van der Waals surface area contributed by atoms with Crippen LogP contribution < -0.4 is 0 Å². The molecule has 1 fully saturated rings. The molecule has 0 aromatic rings.